The Morgan fingerprint density at radius 3 is 1.13 bits per heavy atom. The summed E-state index contributed by atoms with van der Waals surface area (Å²) in [5.41, 5.74) is 19.4. The van der Waals surface area contributed by atoms with E-state index < -0.39 is 0 Å². The van der Waals surface area contributed by atoms with Crippen LogP contribution in [0.1, 0.15) is 53.2 Å². The first-order valence-electron chi connectivity index (χ1n) is 36.1. The molecule has 0 unspecified atom stereocenters. The minimum absolute atomic E-state index is 0.327. The zero-order valence-electron chi connectivity index (χ0n) is 59.2. The Morgan fingerprint density at radius 2 is 0.654 bits per heavy atom. The molecular weight excluding hydrogens is 1330 g/mol. The average molecular weight is 1410 g/mol. The Morgan fingerprint density at radius 1 is 0.308 bits per heavy atom. The van der Waals surface area contributed by atoms with Gasteiger partial charge < -0.3 is 9.31 Å². The Kier molecular flexibility index (Phi) is 17.3. The topological polar surface area (TPSA) is 54.1 Å². The zero-order valence-corrected chi connectivity index (χ0v) is 60.7. The van der Waals surface area contributed by atoms with Gasteiger partial charge in [-0.15, -0.1) is 0 Å². The fraction of sp³-hybridized carbons (Fsp3) is 0.104. The van der Waals surface area contributed by atoms with E-state index in [1.807, 2.05) is 6.07 Å². The number of halogens is 1. The number of rotatable bonds is 10. The first-order valence-corrected chi connectivity index (χ1v) is 36.9. The lowest BCUT2D eigenvalue weighted by Gasteiger charge is -2.32. The third-order valence-electron chi connectivity index (χ3n) is 21.3. The molecule has 1 saturated heterocycles. The number of hydrogen-bond donors (Lipinski definition) is 0. The van der Waals surface area contributed by atoms with E-state index in [9.17, 15) is 0 Å². The van der Waals surface area contributed by atoms with Crippen molar-refractivity contribution in [3.63, 3.8) is 0 Å². The maximum absolute atomic E-state index is 6.15. The number of benzene rings is 16. The van der Waals surface area contributed by atoms with Gasteiger partial charge in [-0.2, -0.15) is 0 Å². The van der Waals surface area contributed by atoms with E-state index in [1.54, 1.807) is 0 Å². The molecule has 2 aromatic heterocycles. The van der Waals surface area contributed by atoms with Crippen LogP contribution in [0, 0.1) is 0 Å². The van der Waals surface area contributed by atoms with Crippen LogP contribution in [0.4, 0.5) is 0 Å². The van der Waals surface area contributed by atoms with E-state index >= 15 is 0 Å². The molecule has 0 saturated carbocycles. The van der Waals surface area contributed by atoms with Crippen molar-refractivity contribution >= 4 is 115 Å². The Bertz CT molecular complexity index is 6270. The van der Waals surface area contributed by atoms with Crippen LogP contribution in [0.2, 0.25) is 0 Å². The molecule has 16 aromatic carbocycles. The van der Waals surface area contributed by atoms with Gasteiger partial charge in [0.1, 0.15) is 11.6 Å². The summed E-state index contributed by atoms with van der Waals surface area (Å²) >= 11 is 3.91. The second kappa shape index (κ2) is 27.4. The molecule has 0 atom stereocenters. The van der Waals surface area contributed by atoms with Crippen molar-refractivity contribution in [1.29, 1.82) is 0 Å². The largest absolute Gasteiger partial charge is 0.494 e. The third kappa shape index (κ3) is 12.0. The second-order valence-electron chi connectivity index (χ2n) is 28.0. The predicted octanol–water partition coefficient (Wildman–Crippen LogP) is 25.2. The van der Waals surface area contributed by atoms with Gasteiger partial charge in [0.25, 0.3) is 0 Å². The Balaban J connectivity index is 0.000000122. The SMILES string of the molecule is Brc1c2ccccc2c(-c2ccc3ccccc3c2)c2cc(-c3ccccc3)ccc12.CCc1nc2ccccc2n1-c1ccc(-c2c3ccccc3c(-c3ccc4ccccc4c3)c3cc(-c4ccccc4)ccc23)cc1.CCc1nc2ccccc2n1-c1ccc(B2OC(C)(C)C(C)(C)O2)cc1. The van der Waals surface area contributed by atoms with Crippen molar-refractivity contribution in [2.24, 2.45) is 0 Å². The molecule has 6 nitrogen and oxygen atoms in total. The number of aromatic nitrogens is 4. The van der Waals surface area contributed by atoms with Crippen molar-refractivity contribution in [3.8, 4) is 67.0 Å². The van der Waals surface area contributed by atoms with E-state index in [2.05, 4.69) is 388 Å². The van der Waals surface area contributed by atoms with Crippen LogP contribution in [0.25, 0.3) is 154 Å². The summed E-state index contributed by atoms with van der Waals surface area (Å²) in [6, 6.07) is 118. The van der Waals surface area contributed by atoms with Gasteiger partial charge >= 0.3 is 7.12 Å². The minimum atomic E-state index is -0.334. The van der Waals surface area contributed by atoms with Crippen molar-refractivity contribution in [1.82, 2.24) is 19.1 Å². The monoisotopic (exact) mass is 1410 g/mol. The molecule has 0 spiro atoms. The molecule has 1 aliphatic heterocycles. The highest BCUT2D eigenvalue weighted by Crippen LogP contribution is 2.47. The van der Waals surface area contributed by atoms with Gasteiger partial charge in [0, 0.05) is 28.7 Å². The maximum atomic E-state index is 6.15. The smallest absolute Gasteiger partial charge is 0.399 e. The summed E-state index contributed by atoms with van der Waals surface area (Å²) in [4.78, 5) is 9.68. The molecule has 3 heterocycles. The summed E-state index contributed by atoms with van der Waals surface area (Å²) in [5, 5.41) is 15.1. The standard InChI is InChI=1S/C45H32N2.C30H19Br.C21H25BN2O2/c1-2-43-46-41-18-10-11-19-42(41)47(43)36-25-22-32(23-26-36)44-37-16-8-9-17-38(37)45(35-21-20-31-14-6-7-15-33(31)28-35)40-29-34(24-27-39(40)44)30-12-4-3-5-13-30;31-30-26-13-7-6-12-25(26)29(24-15-14-21-10-4-5-11-22(21)18-24)28-19-23(16-17-27(28)30)20-8-2-1-3-9-20;1-6-19-23-17-9-7-8-10-18(17)24(19)16-13-11-15(12-14-16)22-25-20(2,3)21(4,5)26-22/h3-29H,2H2,1H3;1-19H;7-14H,6H2,1-5H3. The first-order chi connectivity index (χ1) is 50.9. The van der Waals surface area contributed by atoms with Crippen molar-refractivity contribution in [2.45, 2.75) is 65.6 Å². The van der Waals surface area contributed by atoms with Crippen LogP contribution in [0.15, 0.2) is 332 Å². The quantitative estimate of drug-likeness (QED) is 0.101. The lowest BCUT2D eigenvalue weighted by Crippen LogP contribution is -2.41. The highest BCUT2D eigenvalue weighted by molar-refractivity contribution is 9.10. The third-order valence-corrected chi connectivity index (χ3v) is 22.1. The van der Waals surface area contributed by atoms with E-state index in [0.29, 0.717) is 0 Å². The normalized spacial score (nSPS) is 13.3. The van der Waals surface area contributed by atoms with Crippen LogP contribution in [-0.4, -0.2) is 37.4 Å². The van der Waals surface area contributed by atoms with Gasteiger partial charge in [0.2, 0.25) is 0 Å². The van der Waals surface area contributed by atoms with Gasteiger partial charge in [-0.25, -0.2) is 9.97 Å². The fourth-order valence-corrected chi connectivity index (χ4v) is 16.0. The van der Waals surface area contributed by atoms with Crippen LogP contribution in [-0.2, 0) is 22.2 Å². The van der Waals surface area contributed by atoms with Gasteiger partial charge in [-0.3, -0.25) is 9.13 Å². The molecule has 0 aliphatic carbocycles. The minimum Gasteiger partial charge on any atom is -0.399 e. The van der Waals surface area contributed by atoms with Crippen LogP contribution in [0.3, 0.4) is 0 Å². The van der Waals surface area contributed by atoms with Crippen molar-refractivity contribution in [2.75, 3.05) is 0 Å². The summed E-state index contributed by atoms with van der Waals surface area (Å²) in [6.07, 6.45) is 1.75. The highest BCUT2D eigenvalue weighted by Gasteiger charge is 2.51. The number of hydrogen-bond acceptors (Lipinski definition) is 4. The maximum Gasteiger partial charge on any atom is 0.494 e. The van der Waals surface area contributed by atoms with Crippen LogP contribution >= 0.6 is 15.9 Å². The molecule has 0 bridgehead atoms. The summed E-state index contributed by atoms with van der Waals surface area (Å²) in [5.74, 6) is 2.14. The number of aryl methyl sites for hydroxylation is 2. The lowest BCUT2D eigenvalue weighted by atomic mass is 9.79. The number of para-hydroxylation sites is 4. The summed E-state index contributed by atoms with van der Waals surface area (Å²) < 4.78 is 18.0. The zero-order chi connectivity index (χ0) is 70.6. The number of imidazole rings is 2. The summed E-state index contributed by atoms with van der Waals surface area (Å²) in [6.45, 7) is 12.6. The Labute approximate surface area is 615 Å². The highest BCUT2D eigenvalue weighted by atomic mass is 79.9. The predicted molar refractivity (Wildman–Crippen MR) is 443 cm³/mol. The van der Waals surface area contributed by atoms with Gasteiger partial charge in [0.05, 0.1) is 33.3 Å². The van der Waals surface area contributed by atoms with E-state index in [4.69, 9.17) is 19.3 Å². The number of fused-ring (bicyclic) bond motifs is 8. The van der Waals surface area contributed by atoms with Gasteiger partial charge in [-0.05, 0) is 242 Å². The number of nitrogens with zero attached hydrogens (tertiary/aromatic N) is 4. The lowest BCUT2D eigenvalue weighted by molar-refractivity contribution is 0.00578. The molecule has 1 aliphatic rings. The molecule has 0 amide bonds. The summed E-state index contributed by atoms with van der Waals surface area (Å²) in [7, 11) is -0.334. The van der Waals surface area contributed by atoms with Gasteiger partial charge in [0.15, 0.2) is 0 Å². The second-order valence-corrected chi connectivity index (χ2v) is 28.8. The molecule has 19 rings (SSSR count). The fourth-order valence-electron chi connectivity index (χ4n) is 15.3. The molecule has 104 heavy (non-hydrogen) atoms. The molecule has 0 radical (unpaired) electrons. The Hall–Kier alpha value is -11.5. The molecule has 8 heteroatoms. The van der Waals surface area contributed by atoms with Crippen LogP contribution < -0.4 is 5.46 Å². The molecule has 502 valence electrons. The van der Waals surface area contributed by atoms with Crippen molar-refractivity contribution in [3.05, 3.63) is 344 Å². The first kappa shape index (κ1) is 65.8. The van der Waals surface area contributed by atoms with Crippen LogP contribution in [0.5, 0.6) is 0 Å². The molecular formula is C96H76BBrN4O2. The van der Waals surface area contributed by atoms with E-state index in [1.165, 1.54) is 120 Å². The molecule has 18 aromatic rings. The van der Waals surface area contributed by atoms with Crippen molar-refractivity contribution < 1.29 is 9.31 Å². The van der Waals surface area contributed by atoms with Gasteiger partial charge in [-0.1, -0.05) is 269 Å². The molecule has 1 fully saturated rings. The molecule has 0 N–H and O–H groups in total. The van der Waals surface area contributed by atoms with E-state index in [0.717, 1.165) is 67.9 Å². The van der Waals surface area contributed by atoms with E-state index in [-0.39, 0.29) is 18.3 Å². The average Bonchev–Trinajstić information content (AvgIpc) is 0.953.